The largest absolute Gasteiger partial charge is 0.495 e. The third-order valence-corrected chi connectivity index (χ3v) is 4.74. The molecule has 0 saturated heterocycles. The minimum Gasteiger partial charge on any atom is -0.495 e. The summed E-state index contributed by atoms with van der Waals surface area (Å²) in [6, 6.07) is 4.32. The van der Waals surface area contributed by atoms with Crippen LogP contribution in [0.2, 0.25) is 0 Å². The zero-order valence-corrected chi connectivity index (χ0v) is 14.1. The summed E-state index contributed by atoms with van der Waals surface area (Å²) in [7, 11) is 1.69. The van der Waals surface area contributed by atoms with Gasteiger partial charge in [-0.25, -0.2) is 0 Å². The second-order valence-electron chi connectivity index (χ2n) is 6.82. The monoisotopic (exact) mass is 289 g/mol. The summed E-state index contributed by atoms with van der Waals surface area (Å²) in [5.41, 5.74) is 3.18. The van der Waals surface area contributed by atoms with Crippen LogP contribution < -0.4 is 9.64 Å². The van der Waals surface area contributed by atoms with Crippen LogP contribution in [0.4, 0.5) is 5.69 Å². The smallest absolute Gasteiger partial charge is 0.150 e. The highest BCUT2D eigenvalue weighted by Gasteiger charge is 2.40. The number of carbonyl (C=O) groups excluding carboxylic acids is 1. The quantitative estimate of drug-likeness (QED) is 0.769. The molecule has 0 fully saturated rings. The van der Waals surface area contributed by atoms with Crippen molar-refractivity contribution in [3.8, 4) is 5.75 Å². The molecule has 0 amide bonds. The molecule has 3 heteroatoms. The molecule has 21 heavy (non-hydrogen) atoms. The number of aldehydes is 1. The van der Waals surface area contributed by atoms with E-state index in [-0.39, 0.29) is 5.54 Å². The number of benzene rings is 1. The molecule has 0 aromatic heterocycles. The fourth-order valence-corrected chi connectivity index (χ4v) is 3.77. The zero-order chi connectivity index (χ0) is 15.8. The molecule has 0 bridgehead atoms. The first-order valence-electron chi connectivity index (χ1n) is 7.82. The van der Waals surface area contributed by atoms with Crippen molar-refractivity contribution in [3.05, 3.63) is 23.3 Å². The maximum absolute atomic E-state index is 11.2. The Kier molecular flexibility index (Phi) is 4.31. The van der Waals surface area contributed by atoms with E-state index in [0.29, 0.717) is 17.5 Å². The van der Waals surface area contributed by atoms with Crippen molar-refractivity contribution >= 4 is 12.0 Å². The Morgan fingerprint density at radius 2 is 2.14 bits per heavy atom. The predicted molar refractivity (Wildman–Crippen MR) is 87.7 cm³/mol. The Balaban J connectivity index is 2.71. The maximum Gasteiger partial charge on any atom is 0.150 e. The third kappa shape index (κ3) is 2.66. The Labute approximate surface area is 128 Å². The van der Waals surface area contributed by atoms with Crippen LogP contribution >= 0.6 is 0 Å². The van der Waals surface area contributed by atoms with E-state index in [1.54, 1.807) is 7.11 Å². The molecule has 2 atom stereocenters. The van der Waals surface area contributed by atoms with Gasteiger partial charge >= 0.3 is 0 Å². The van der Waals surface area contributed by atoms with Crippen molar-refractivity contribution in [2.75, 3.05) is 12.0 Å². The fourth-order valence-electron chi connectivity index (χ4n) is 3.77. The highest BCUT2D eigenvalue weighted by atomic mass is 16.5. The number of methoxy groups -OCH3 is 1. The number of hydrogen-bond acceptors (Lipinski definition) is 3. The minimum absolute atomic E-state index is 0.0812. The highest BCUT2D eigenvalue weighted by molar-refractivity contribution is 5.81. The predicted octanol–water partition coefficient (Wildman–Crippen LogP) is 4.40. The first kappa shape index (κ1) is 15.9. The summed E-state index contributed by atoms with van der Waals surface area (Å²) in [6.07, 6.45) is 3.06. The van der Waals surface area contributed by atoms with Crippen LogP contribution in [0.3, 0.4) is 0 Å². The van der Waals surface area contributed by atoms with Crippen molar-refractivity contribution in [2.24, 2.45) is 0 Å². The second kappa shape index (κ2) is 5.70. The SMILES string of the molecule is CCC(C)N1c2c(OC)cc(C=O)cc2C(C)CC1(C)C. The highest BCUT2D eigenvalue weighted by Crippen LogP contribution is 2.49. The van der Waals surface area contributed by atoms with E-state index in [1.165, 1.54) is 11.3 Å². The molecule has 1 aliphatic heterocycles. The molecular weight excluding hydrogens is 262 g/mol. The van der Waals surface area contributed by atoms with E-state index < -0.39 is 0 Å². The first-order chi connectivity index (χ1) is 9.85. The van der Waals surface area contributed by atoms with Gasteiger partial charge in [0.1, 0.15) is 12.0 Å². The summed E-state index contributed by atoms with van der Waals surface area (Å²) < 4.78 is 5.62. The molecular formula is C18H27NO2. The van der Waals surface area contributed by atoms with Gasteiger partial charge in [-0.2, -0.15) is 0 Å². The summed E-state index contributed by atoms with van der Waals surface area (Å²) in [5.74, 6) is 1.23. The van der Waals surface area contributed by atoms with Crippen LogP contribution in [-0.4, -0.2) is 25.0 Å². The molecule has 1 heterocycles. The van der Waals surface area contributed by atoms with Gasteiger partial charge in [0.2, 0.25) is 0 Å². The van der Waals surface area contributed by atoms with Crippen molar-refractivity contribution < 1.29 is 9.53 Å². The molecule has 2 rings (SSSR count). The van der Waals surface area contributed by atoms with Crippen LogP contribution in [-0.2, 0) is 0 Å². The van der Waals surface area contributed by atoms with Gasteiger partial charge in [-0.05, 0) is 57.2 Å². The van der Waals surface area contributed by atoms with Crippen molar-refractivity contribution in [3.63, 3.8) is 0 Å². The number of nitrogens with zero attached hydrogens (tertiary/aromatic N) is 1. The van der Waals surface area contributed by atoms with Crippen molar-refractivity contribution in [1.29, 1.82) is 0 Å². The van der Waals surface area contributed by atoms with Gasteiger partial charge < -0.3 is 9.64 Å². The second-order valence-corrected chi connectivity index (χ2v) is 6.82. The van der Waals surface area contributed by atoms with Crippen LogP contribution in [0.25, 0.3) is 0 Å². The van der Waals surface area contributed by atoms with Gasteiger partial charge in [-0.1, -0.05) is 13.8 Å². The summed E-state index contributed by atoms with van der Waals surface area (Å²) in [6.45, 7) is 11.3. The fraction of sp³-hybridized carbons (Fsp3) is 0.611. The average Bonchev–Trinajstić information content (AvgIpc) is 2.45. The molecule has 1 aromatic carbocycles. The topological polar surface area (TPSA) is 29.5 Å². The number of anilines is 1. The molecule has 116 valence electrons. The molecule has 1 aromatic rings. The van der Waals surface area contributed by atoms with Crippen molar-refractivity contribution in [2.45, 2.75) is 65.0 Å². The van der Waals surface area contributed by atoms with Gasteiger partial charge in [-0.15, -0.1) is 0 Å². The molecule has 1 aliphatic rings. The van der Waals surface area contributed by atoms with Gasteiger partial charge in [0.25, 0.3) is 0 Å². The maximum atomic E-state index is 11.2. The van der Waals surface area contributed by atoms with E-state index in [1.807, 2.05) is 12.1 Å². The standard InChI is InChI=1S/C18H27NO2/c1-7-13(3)19-17-15(12(2)10-18(19,4)5)8-14(11-20)9-16(17)21-6/h8-9,11-13H,7,10H2,1-6H3. The molecule has 0 radical (unpaired) electrons. The average molecular weight is 289 g/mol. The van der Waals surface area contributed by atoms with Gasteiger partial charge in [-0.3, -0.25) is 4.79 Å². The van der Waals surface area contributed by atoms with E-state index in [0.717, 1.165) is 24.9 Å². The molecule has 0 spiro atoms. The lowest BCUT2D eigenvalue weighted by Gasteiger charge is -2.51. The number of carbonyl (C=O) groups is 1. The number of fused-ring (bicyclic) bond motifs is 1. The molecule has 2 unspecified atom stereocenters. The van der Waals surface area contributed by atoms with Gasteiger partial charge in [0.15, 0.2) is 0 Å². The lowest BCUT2D eigenvalue weighted by atomic mass is 9.78. The Bertz CT molecular complexity index is 536. The molecule has 0 saturated carbocycles. The number of hydrogen-bond donors (Lipinski definition) is 0. The number of rotatable bonds is 4. The summed E-state index contributed by atoms with van der Waals surface area (Å²) in [4.78, 5) is 13.7. The summed E-state index contributed by atoms with van der Waals surface area (Å²) in [5, 5.41) is 0. The minimum atomic E-state index is 0.0812. The lowest BCUT2D eigenvalue weighted by molar-refractivity contribution is 0.112. The molecule has 3 nitrogen and oxygen atoms in total. The first-order valence-corrected chi connectivity index (χ1v) is 7.82. The van der Waals surface area contributed by atoms with E-state index in [9.17, 15) is 4.79 Å². The number of ether oxygens (including phenoxy) is 1. The Morgan fingerprint density at radius 3 is 2.67 bits per heavy atom. The van der Waals surface area contributed by atoms with E-state index >= 15 is 0 Å². The van der Waals surface area contributed by atoms with Crippen LogP contribution in [0.15, 0.2) is 12.1 Å². The van der Waals surface area contributed by atoms with Crippen LogP contribution in [0, 0.1) is 0 Å². The Morgan fingerprint density at radius 1 is 1.48 bits per heavy atom. The summed E-state index contributed by atoms with van der Waals surface area (Å²) >= 11 is 0. The van der Waals surface area contributed by atoms with Crippen LogP contribution in [0.1, 0.15) is 69.3 Å². The van der Waals surface area contributed by atoms with E-state index in [4.69, 9.17) is 4.74 Å². The van der Waals surface area contributed by atoms with E-state index in [2.05, 4.69) is 39.5 Å². The van der Waals surface area contributed by atoms with Crippen LogP contribution in [0.5, 0.6) is 5.75 Å². The van der Waals surface area contributed by atoms with Gasteiger partial charge in [0.05, 0.1) is 12.8 Å². The van der Waals surface area contributed by atoms with Crippen molar-refractivity contribution in [1.82, 2.24) is 0 Å². The lowest BCUT2D eigenvalue weighted by Crippen LogP contribution is -2.52. The van der Waals surface area contributed by atoms with Gasteiger partial charge in [0, 0.05) is 17.1 Å². The molecule has 0 N–H and O–H groups in total. The third-order valence-electron chi connectivity index (χ3n) is 4.74. The zero-order valence-electron chi connectivity index (χ0n) is 14.1. The normalized spacial score (nSPS) is 21.6. The Hall–Kier alpha value is -1.51. The molecule has 0 aliphatic carbocycles.